The predicted molar refractivity (Wildman–Crippen MR) is 233 cm³/mol. The van der Waals surface area contributed by atoms with Crippen LogP contribution < -0.4 is 0 Å². The number of rotatable bonds is 5. The number of allylic oxidation sites excluding steroid dienone is 15. The molecule has 294 valence electrons. The molecule has 2 fully saturated rings. The van der Waals surface area contributed by atoms with E-state index in [2.05, 4.69) is 109 Å². The minimum Gasteiger partial charge on any atom is -0.369 e. The average molecular weight is 764 g/mol. The first-order valence-corrected chi connectivity index (χ1v) is 23.0. The minimum absolute atomic E-state index is 0.0813. The summed E-state index contributed by atoms with van der Waals surface area (Å²) in [4.78, 5) is 11.1. The largest absolute Gasteiger partial charge is 0.369 e. The molecule has 0 radical (unpaired) electrons. The van der Waals surface area contributed by atoms with Gasteiger partial charge in [0, 0.05) is 46.5 Å². The second kappa shape index (κ2) is 15.2. The van der Waals surface area contributed by atoms with Crippen LogP contribution in [0.25, 0.3) is 11.1 Å². The molecule has 0 bridgehead atoms. The molecule has 8 unspecified atom stereocenters. The highest BCUT2D eigenvalue weighted by atomic mass is 16.5. The van der Waals surface area contributed by atoms with Crippen LogP contribution in [0.15, 0.2) is 131 Å². The first-order chi connectivity index (χ1) is 28.7. The van der Waals surface area contributed by atoms with Crippen LogP contribution in [0.5, 0.6) is 0 Å². The Morgan fingerprint density at radius 3 is 2.53 bits per heavy atom. The Kier molecular flexibility index (Phi) is 9.57. The Labute approximate surface area is 345 Å². The van der Waals surface area contributed by atoms with Crippen molar-refractivity contribution in [3.63, 3.8) is 0 Å². The highest BCUT2D eigenvalue weighted by Gasteiger charge is 2.65. The lowest BCUT2D eigenvalue weighted by molar-refractivity contribution is -0.114. The maximum Gasteiger partial charge on any atom is 0.132 e. The fraction of sp³-hybridized carbons (Fsp3) is 0.463. The Morgan fingerprint density at radius 1 is 0.793 bits per heavy atom. The van der Waals surface area contributed by atoms with Gasteiger partial charge in [-0.2, -0.15) is 5.26 Å². The van der Waals surface area contributed by atoms with E-state index in [-0.39, 0.29) is 17.6 Å². The van der Waals surface area contributed by atoms with Crippen LogP contribution in [-0.4, -0.2) is 22.2 Å². The summed E-state index contributed by atoms with van der Waals surface area (Å²) in [6.07, 6.45) is 45.4. The number of aromatic nitrogens is 2. The van der Waals surface area contributed by atoms with Crippen molar-refractivity contribution >= 4 is 11.1 Å². The molecule has 2 heterocycles. The Morgan fingerprint density at radius 2 is 1.67 bits per heavy atom. The van der Waals surface area contributed by atoms with Crippen molar-refractivity contribution in [1.82, 2.24) is 9.97 Å². The molecule has 1 aromatic heterocycles. The van der Waals surface area contributed by atoms with Crippen LogP contribution in [0.1, 0.15) is 137 Å². The molecule has 8 atom stereocenters. The lowest BCUT2D eigenvalue weighted by atomic mass is 9.51. The van der Waals surface area contributed by atoms with E-state index in [4.69, 9.17) is 14.7 Å². The fourth-order valence-electron chi connectivity index (χ4n) is 13.3. The second-order valence-electron chi connectivity index (χ2n) is 18.7. The molecule has 8 aliphatic carbocycles. The Bertz CT molecular complexity index is 2300. The van der Waals surface area contributed by atoms with Gasteiger partial charge in [0.15, 0.2) is 0 Å². The summed E-state index contributed by atoms with van der Waals surface area (Å²) in [7, 11) is 0. The number of nitrogens with zero attached hydrogens (tertiary/aromatic N) is 3. The van der Waals surface area contributed by atoms with Crippen molar-refractivity contribution in [2.24, 2.45) is 29.1 Å². The molecule has 0 N–H and O–H groups in total. The molecule has 2 aromatic rings. The van der Waals surface area contributed by atoms with E-state index in [1.165, 1.54) is 80.1 Å². The third-order valence-electron chi connectivity index (χ3n) is 15.8. The summed E-state index contributed by atoms with van der Waals surface area (Å²) in [5.74, 6) is 3.18. The van der Waals surface area contributed by atoms with Crippen molar-refractivity contribution in [2.45, 2.75) is 127 Å². The smallest absolute Gasteiger partial charge is 0.132 e. The highest BCUT2D eigenvalue weighted by molar-refractivity contribution is 5.79. The van der Waals surface area contributed by atoms with E-state index in [0.717, 1.165) is 67.7 Å². The van der Waals surface area contributed by atoms with Gasteiger partial charge in [-0.1, -0.05) is 127 Å². The van der Waals surface area contributed by atoms with Gasteiger partial charge in [0.25, 0.3) is 0 Å². The third kappa shape index (κ3) is 6.01. The van der Waals surface area contributed by atoms with Crippen molar-refractivity contribution in [3.05, 3.63) is 154 Å². The average Bonchev–Trinajstić information content (AvgIpc) is 3.60. The topological polar surface area (TPSA) is 58.8 Å². The minimum atomic E-state index is -0.0813. The number of hydrogen-bond acceptors (Lipinski definition) is 4. The number of hydrogen-bond donors (Lipinski definition) is 0. The SMILES string of the molecule is N#CC1=CC=C(C2CCC=C3C2OC2CCC=CC2C32C3=C(CCCC3)C3C(c4cc(C5=CC(c6ccccc6)CC=C5)nc(C5CCCCC5)n4)=CC=CC32)CC1. The van der Waals surface area contributed by atoms with E-state index >= 15 is 0 Å². The zero-order chi connectivity index (χ0) is 38.6. The van der Waals surface area contributed by atoms with Gasteiger partial charge < -0.3 is 4.74 Å². The van der Waals surface area contributed by atoms with Gasteiger partial charge in [0.2, 0.25) is 0 Å². The number of fused-ring (bicyclic) bond motifs is 8. The third-order valence-corrected chi connectivity index (χ3v) is 15.8. The lowest BCUT2D eigenvalue weighted by Gasteiger charge is -2.58. The number of benzene rings is 1. The van der Waals surface area contributed by atoms with Gasteiger partial charge in [0.05, 0.1) is 29.7 Å². The molecule has 1 spiro atoms. The quantitative estimate of drug-likeness (QED) is 0.285. The van der Waals surface area contributed by atoms with E-state index < -0.39 is 0 Å². The highest BCUT2D eigenvalue weighted by Crippen LogP contribution is 2.70. The molecule has 1 aliphatic heterocycles. The summed E-state index contributed by atoms with van der Waals surface area (Å²) < 4.78 is 7.44. The maximum atomic E-state index is 9.67. The van der Waals surface area contributed by atoms with E-state index in [1.54, 1.807) is 16.7 Å². The molecule has 0 amide bonds. The Hall–Kier alpha value is -4.59. The van der Waals surface area contributed by atoms with Crippen molar-refractivity contribution in [1.29, 1.82) is 5.26 Å². The molecule has 58 heavy (non-hydrogen) atoms. The van der Waals surface area contributed by atoms with Crippen LogP contribution >= 0.6 is 0 Å². The first-order valence-electron chi connectivity index (χ1n) is 23.0. The summed E-state index contributed by atoms with van der Waals surface area (Å²) in [6, 6.07) is 15.8. The molecule has 1 aromatic carbocycles. The molecule has 4 heteroatoms. The molecular formula is C54H57N3O. The molecule has 4 nitrogen and oxygen atoms in total. The zero-order valence-electron chi connectivity index (χ0n) is 34.0. The fourth-order valence-corrected chi connectivity index (χ4v) is 13.3. The molecule has 9 aliphatic rings. The molecular weight excluding hydrogens is 707 g/mol. The maximum absolute atomic E-state index is 9.67. The summed E-state index contributed by atoms with van der Waals surface area (Å²) in [5.41, 5.74) is 13.6. The normalized spacial score (nSPS) is 34.1. The summed E-state index contributed by atoms with van der Waals surface area (Å²) in [5, 5.41) is 9.67. The van der Waals surface area contributed by atoms with Crippen molar-refractivity contribution < 1.29 is 4.74 Å². The monoisotopic (exact) mass is 763 g/mol. The van der Waals surface area contributed by atoms with Gasteiger partial charge in [-0.05, 0) is 118 Å². The van der Waals surface area contributed by atoms with Crippen molar-refractivity contribution in [2.75, 3.05) is 0 Å². The first kappa shape index (κ1) is 36.5. The summed E-state index contributed by atoms with van der Waals surface area (Å²) >= 11 is 0. The van der Waals surface area contributed by atoms with E-state index in [0.29, 0.717) is 35.5 Å². The van der Waals surface area contributed by atoms with E-state index in [9.17, 15) is 5.26 Å². The van der Waals surface area contributed by atoms with Gasteiger partial charge in [-0.3, -0.25) is 0 Å². The zero-order valence-corrected chi connectivity index (χ0v) is 34.0. The molecule has 1 saturated heterocycles. The van der Waals surface area contributed by atoms with Gasteiger partial charge in [-0.15, -0.1) is 0 Å². The van der Waals surface area contributed by atoms with Crippen LogP contribution in [0.3, 0.4) is 0 Å². The summed E-state index contributed by atoms with van der Waals surface area (Å²) in [6.45, 7) is 0. The second-order valence-corrected chi connectivity index (χ2v) is 18.7. The van der Waals surface area contributed by atoms with Crippen LogP contribution in [-0.2, 0) is 4.74 Å². The standard InChI is InChI=1S/C54H57N3O/c55-34-35-28-30-37(31-29-35)41-21-12-26-47-52(41)58-50-27-10-9-24-45(50)54(47)44-23-8-7-20-42(44)51-43(22-13-25-46(51)54)49-33-48(56-53(57-49)38-16-5-2-6-17-38)40-19-11-18-39(32-40)36-14-3-1-4-15-36/h1,3-4,9,11,13-15,19,22,24-26,28,30,32-33,38-39,41,45-46,50-52H,2,5-8,10,12,16-18,20-21,23,27,29,31H2. The van der Waals surface area contributed by atoms with Gasteiger partial charge >= 0.3 is 0 Å². The van der Waals surface area contributed by atoms with E-state index in [1.807, 2.05) is 0 Å². The number of ether oxygens (including phenoxy) is 1. The van der Waals surface area contributed by atoms with Crippen LogP contribution in [0.4, 0.5) is 0 Å². The number of nitriles is 1. The molecule has 11 rings (SSSR count). The van der Waals surface area contributed by atoms with Crippen LogP contribution in [0.2, 0.25) is 0 Å². The van der Waals surface area contributed by atoms with Gasteiger partial charge in [0.1, 0.15) is 5.82 Å². The Balaban J connectivity index is 1.04. The predicted octanol–water partition coefficient (Wildman–Crippen LogP) is 12.9. The van der Waals surface area contributed by atoms with Gasteiger partial charge in [-0.25, -0.2) is 9.97 Å². The lowest BCUT2D eigenvalue weighted by Crippen LogP contribution is -2.56. The van der Waals surface area contributed by atoms with Crippen LogP contribution in [0, 0.1) is 40.4 Å². The molecule has 1 saturated carbocycles. The van der Waals surface area contributed by atoms with Crippen molar-refractivity contribution in [3.8, 4) is 6.07 Å².